The lowest BCUT2D eigenvalue weighted by Gasteiger charge is -2.25. The Balaban J connectivity index is 1.58. The monoisotopic (exact) mass is 267 g/mol. The molecule has 0 heterocycles. The Morgan fingerprint density at radius 3 is 2.50 bits per heavy atom. The number of rotatable bonds is 2. The number of nitrogens with one attached hydrogen (secondary N) is 1. The Bertz CT molecular complexity index is 595. The molecule has 0 saturated heterocycles. The number of ether oxygens (including phenoxy) is 1. The SMILES string of the molecule is O=C(NC1CCc2ccccc2C1)Oc1ccccc1. The molecule has 3 nitrogen and oxygen atoms in total. The van der Waals surface area contributed by atoms with E-state index in [4.69, 9.17) is 4.74 Å². The van der Waals surface area contributed by atoms with E-state index in [-0.39, 0.29) is 12.1 Å². The van der Waals surface area contributed by atoms with Gasteiger partial charge in [0, 0.05) is 6.04 Å². The van der Waals surface area contributed by atoms with Gasteiger partial charge < -0.3 is 10.1 Å². The molecule has 0 fully saturated rings. The van der Waals surface area contributed by atoms with Crippen molar-refractivity contribution in [3.63, 3.8) is 0 Å². The molecule has 0 bridgehead atoms. The first-order chi connectivity index (χ1) is 9.81. The standard InChI is InChI=1S/C17H17NO2/c19-17(20-16-8-2-1-3-9-16)18-15-11-10-13-6-4-5-7-14(13)12-15/h1-9,15H,10-12H2,(H,18,19). The predicted octanol–water partition coefficient (Wildman–Crippen LogP) is 3.33. The number of fused-ring (bicyclic) bond motifs is 1. The first kappa shape index (κ1) is 12.7. The van der Waals surface area contributed by atoms with E-state index in [1.54, 1.807) is 12.1 Å². The molecule has 0 saturated carbocycles. The molecule has 20 heavy (non-hydrogen) atoms. The Kier molecular flexibility index (Phi) is 3.68. The molecule has 2 aromatic carbocycles. The number of carbonyl (C=O) groups is 1. The van der Waals surface area contributed by atoms with Crippen LogP contribution in [0, 0.1) is 0 Å². The van der Waals surface area contributed by atoms with Crippen molar-refractivity contribution in [3.05, 3.63) is 65.7 Å². The molecule has 2 aromatic rings. The van der Waals surface area contributed by atoms with Crippen molar-refractivity contribution in [1.82, 2.24) is 5.32 Å². The van der Waals surface area contributed by atoms with Crippen LogP contribution in [0.3, 0.4) is 0 Å². The molecule has 102 valence electrons. The summed E-state index contributed by atoms with van der Waals surface area (Å²) in [6.45, 7) is 0. The van der Waals surface area contributed by atoms with Crippen molar-refractivity contribution in [1.29, 1.82) is 0 Å². The Hall–Kier alpha value is -2.29. The fourth-order valence-electron chi connectivity index (χ4n) is 2.61. The Morgan fingerprint density at radius 2 is 1.70 bits per heavy atom. The van der Waals surface area contributed by atoms with Gasteiger partial charge in [-0.15, -0.1) is 0 Å². The number of carbonyl (C=O) groups excluding carboxylic acids is 1. The van der Waals surface area contributed by atoms with Crippen LogP contribution in [0.1, 0.15) is 17.5 Å². The molecule has 1 unspecified atom stereocenters. The molecule has 1 N–H and O–H groups in total. The van der Waals surface area contributed by atoms with Crippen molar-refractivity contribution in [2.24, 2.45) is 0 Å². The van der Waals surface area contributed by atoms with Crippen molar-refractivity contribution in [2.75, 3.05) is 0 Å². The smallest absolute Gasteiger partial charge is 0.410 e. The maximum absolute atomic E-state index is 11.9. The van der Waals surface area contributed by atoms with Crippen LogP contribution in [0.2, 0.25) is 0 Å². The Morgan fingerprint density at radius 1 is 1.00 bits per heavy atom. The largest absolute Gasteiger partial charge is 0.412 e. The molecule has 1 amide bonds. The van der Waals surface area contributed by atoms with Crippen LogP contribution in [0.15, 0.2) is 54.6 Å². The summed E-state index contributed by atoms with van der Waals surface area (Å²) in [5, 5.41) is 2.95. The molecule has 0 spiro atoms. The van der Waals surface area contributed by atoms with E-state index in [0.717, 1.165) is 19.3 Å². The van der Waals surface area contributed by atoms with Crippen LogP contribution in [0.25, 0.3) is 0 Å². The highest BCUT2D eigenvalue weighted by molar-refractivity contribution is 5.70. The number of amides is 1. The van der Waals surface area contributed by atoms with Crippen LogP contribution < -0.4 is 10.1 Å². The molecular formula is C17H17NO2. The topological polar surface area (TPSA) is 38.3 Å². The van der Waals surface area contributed by atoms with Crippen molar-refractivity contribution >= 4 is 6.09 Å². The summed E-state index contributed by atoms with van der Waals surface area (Å²) in [4.78, 5) is 11.9. The minimum Gasteiger partial charge on any atom is -0.410 e. The highest BCUT2D eigenvalue weighted by atomic mass is 16.6. The molecule has 0 aliphatic heterocycles. The average Bonchev–Trinajstić information content (AvgIpc) is 2.48. The third-order valence-electron chi connectivity index (χ3n) is 3.62. The van der Waals surface area contributed by atoms with Crippen molar-refractivity contribution in [3.8, 4) is 5.75 Å². The number of para-hydroxylation sites is 1. The maximum atomic E-state index is 11.9. The van der Waals surface area contributed by atoms with Crippen molar-refractivity contribution in [2.45, 2.75) is 25.3 Å². The normalized spacial score (nSPS) is 17.1. The highest BCUT2D eigenvalue weighted by Gasteiger charge is 2.20. The second-order valence-corrected chi connectivity index (χ2v) is 5.06. The van der Waals surface area contributed by atoms with E-state index in [2.05, 4.69) is 23.5 Å². The van der Waals surface area contributed by atoms with Crippen LogP contribution in [0.5, 0.6) is 5.75 Å². The van der Waals surface area contributed by atoms with Crippen LogP contribution in [0.4, 0.5) is 4.79 Å². The molecule has 1 aliphatic carbocycles. The molecule has 0 radical (unpaired) electrons. The maximum Gasteiger partial charge on any atom is 0.412 e. The van der Waals surface area contributed by atoms with E-state index in [1.165, 1.54) is 11.1 Å². The molecule has 1 atom stereocenters. The van der Waals surface area contributed by atoms with E-state index in [1.807, 2.05) is 24.3 Å². The van der Waals surface area contributed by atoms with Gasteiger partial charge in [-0.2, -0.15) is 0 Å². The third kappa shape index (κ3) is 2.99. The fraction of sp³-hybridized carbons (Fsp3) is 0.235. The van der Waals surface area contributed by atoms with Gasteiger partial charge in [-0.05, 0) is 42.5 Å². The van der Waals surface area contributed by atoms with E-state index >= 15 is 0 Å². The summed E-state index contributed by atoms with van der Waals surface area (Å²) in [7, 11) is 0. The van der Waals surface area contributed by atoms with Gasteiger partial charge in [-0.25, -0.2) is 4.79 Å². The molecule has 3 rings (SSSR count). The lowest BCUT2D eigenvalue weighted by atomic mass is 9.88. The quantitative estimate of drug-likeness (QED) is 0.906. The average molecular weight is 267 g/mol. The lowest BCUT2D eigenvalue weighted by molar-refractivity contribution is 0.194. The highest BCUT2D eigenvalue weighted by Crippen LogP contribution is 2.21. The van der Waals surface area contributed by atoms with Gasteiger partial charge in [0.2, 0.25) is 0 Å². The molecular weight excluding hydrogens is 250 g/mol. The van der Waals surface area contributed by atoms with Gasteiger partial charge in [-0.3, -0.25) is 0 Å². The lowest BCUT2D eigenvalue weighted by Crippen LogP contribution is -2.40. The molecule has 3 heteroatoms. The minimum atomic E-state index is -0.374. The number of aryl methyl sites for hydroxylation is 1. The zero-order valence-corrected chi connectivity index (χ0v) is 11.2. The summed E-state index contributed by atoms with van der Waals surface area (Å²) in [5.41, 5.74) is 2.71. The first-order valence-corrected chi connectivity index (χ1v) is 6.91. The number of hydrogen-bond donors (Lipinski definition) is 1. The van der Waals surface area contributed by atoms with Gasteiger partial charge in [-0.1, -0.05) is 42.5 Å². The van der Waals surface area contributed by atoms with Gasteiger partial charge >= 0.3 is 6.09 Å². The fourth-order valence-corrected chi connectivity index (χ4v) is 2.61. The summed E-state index contributed by atoms with van der Waals surface area (Å²) >= 11 is 0. The van der Waals surface area contributed by atoms with Gasteiger partial charge in [0.05, 0.1) is 0 Å². The molecule has 1 aliphatic rings. The first-order valence-electron chi connectivity index (χ1n) is 6.91. The number of hydrogen-bond acceptors (Lipinski definition) is 2. The summed E-state index contributed by atoms with van der Waals surface area (Å²) in [6, 6.07) is 17.7. The number of benzene rings is 2. The van der Waals surface area contributed by atoms with E-state index in [0.29, 0.717) is 5.75 Å². The van der Waals surface area contributed by atoms with Gasteiger partial charge in [0.15, 0.2) is 0 Å². The minimum absolute atomic E-state index is 0.154. The second-order valence-electron chi connectivity index (χ2n) is 5.06. The van der Waals surface area contributed by atoms with Crippen LogP contribution >= 0.6 is 0 Å². The van der Waals surface area contributed by atoms with E-state index in [9.17, 15) is 4.79 Å². The zero-order chi connectivity index (χ0) is 13.8. The third-order valence-corrected chi connectivity index (χ3v) is 3.62. The summed E-state index contributed by atoms with van der Waals surface area (Å²) in [5.74, 6) is 0.571. The summed E-state index contributed by atoms with van der Waals surface area (Å²) < 4.78 is 5.26. The van der Waals surface area contributed by atoms with Crippen LogP contribution in [-0.2, 0) is 12.8 Å². The molecule has 0 aromatic heterocycles. The predicted molar refractivity (Wildman–Crippen MR) is 77.9 cm³/mol. The summed E-state index contributed by atoms with van der Waals surface area (Å²) in [6.07, 6.45) is 2.47. The Labute approximate surface area is 118 Å². The van der Waals surface area contributed by atoms with Crippen molar-refractivity contribution < 1.29 is 9.53 Å². The second kappa shape index (κ2) is 5.78. The van der Waals surface area contributed by atoms with Crippen LogP contribution in [-0.4, -0.2) is 12.1 Å². The van der Waals surface area contributed by atoms with E-state index < -0.39 is 0 Å². The van der Waals surface area contributed by atoms with Gasteiger partial charge in [0.1, 0.15) is 5.75 Å². The zero-order valence-electron chi connectivity index (χ0n) is 11.2. The van der Waals surface area contributed by atoms with Gasteiger partial charge in [0.25, 0.3) is 0 Å².